The summed E-state index contributed by atoms with van der Waals surface area (Å²) >= 11 is 0. The molecule has 0 N–H and O–H groups in total. The minimum Gasteiger partial charge on any atom is -0.218 e. The summed E-state index contributed by atoms with van der Waals surface area (Å²) in [7, 11) is -3.46. The van der Waals surface area contributed by atoms with Gasteiger partial charge in [-0.15, -0.1) is 0 Å². The second-order valence-corrected chi connectivity index (χ2v) is 9.02. The summed E-state index contributed by atoms with van der Waals surface area (Å²) in [4.78, 5) is 0.857. The number of hydrogen-bond donors (Lipinski definition) is 0. The number of hydrogen-bond acceptors (Lipinski definition) is 2. The SMILES string of the molecule is Cc1cc(C)c(S(=O)(=O)c2ccc(C3CCCCC3)cc2)c(C)c1. The Hall–Kier alpha value is -1.61. The maximum Gasteiger partial charge on any atom is 0.207 e. The summed E-state index contributed by atoms with van der Waals surface area (Å²) in [5, 5.41) is 0. The van der Waals surface area contributed by atoms with Crippen molar-refractivity contribution in [3.63, 3.8) is 0 Å². The van der Waals surface area contributed by atoms with E-state index in [1.54, 1.807) is 12.1 Å². The molecule has 0 unspecified atom stereocenters. The first kappa shape index (κ1) is 17.2. The zero-order valence-electron chi connectivity index (χ0n) is 14.8. The number of rotatable bonds is 3. The van der Waals surface area contributed by atoms with E-state index in [0.29, 0.717) is 15.7 Å². The van der Waals surface area contributed by atoms with Crippen LogP contribution in [0.15, 0.2) is 46.2 Å². The summed E-state index contributed by atoms with van der Waals surface area (Å²) in [6.07, 6.45) is 6.35. The molecule has 0 radical (unpaired) electrons. The minimum absolute atomic E-state index is 0.400. The van der Waals surface area contributed by atoms with E-state index in [9.17, 15) is 8.42 Å². The van der Waals surface area contributed by atoms with Crippen molar-refractivity contribution >= 4 is 9.84 Å². The number of sulfone groups is 1. The summed E-state index contributed by atoms with van der Waals surface area (Å²) in [6, 6.07) is 11.5. The molecule has 1 aliphatic rings. The molecule has 2 aromatic rings. The van der Waals surface area contributed by atoms with Crippen molar-refractivity contribution in [3.05, 3.63) is 58.7 Å². The Labute approximate surface area is 145 Å². The van der Waals surface area contributed by atoms with Gasteiger partial charge in [0.25, 0.3) is 0 Å². The second-order valence-electron chi connectivity index (χ2n) is 7.14. The van der Waals surface area contributed by atoms with Gasteiger partial charge >= 0.3 is 0 Å². The third-order valence-electron chi connectivity index (χ3n) is 5.14. The van der Waals surface area contributed by atoms with Gasteiger partial charge in [-0.1, -0.05) is 49.1 Å². The highest BCUT2D eigenvalue weighted by Crippen LogP contribution is 2.34. The van der Waals surface area contributed by atoms with Gasteiger partial charge in [0.15, 0.2) is 0 Å². The molecule has 3 heteroatoms. The van der Waals surface area contributed by atoms with Crippen LogP contribution in [0.25, 0.3) is 0 Å². The van der Waals surface area contributed by atoms with E-state index in [2.05, 4.69) is 0 Å². The minimum atomic E-state index is -3.46. The fourth-order valence-electron chi connectivity index (χ4n) is 4.06. The van der Waals surface area contributed by atoms with Gasteiger partial charge in [-0.2, -0.15) is 0 Å². The van der Waals surface area contributed by atoms with Crippen molar-refractivity contribution < 1.29 is 8.42 Å². The zero-order chi connectivity index (χ0) is 17.3. The van der Waals surface area contributed by atoms with Crippen molar-refractivity contribution in [3.8, 4) is 0 Å². The molecule has 0 aromatic heterocycles. The highest BCUT2D eigenvalue weighted by Gasteiger charge is 2.23. The molecule has 1 fully saturated rings. The second kappa shape index (κ2) is 6.72. The van der Waals surface area contributed by atoms with Gasteiger partial charge in [-0.05, 0) is 68.4 Å². The van der Waals surface area contributed by atoms with Crippen molar-refractivity contribution in [1.82, 2.24) is 0 Å². The topological polar surface area (TPSA) is 34.1 Å². The highest BCUT2D eigenvalue weighted by molar-refractivity contribution is 7.91. The first-order valence-corrected chi connectivity index (χ1v) is 10.3. The van der Waals surface area contributed by atoms with Crippen molar-refractivity contribution in [2.45, 2.75) is 68.6 Å². The van der Waals surface area contributed by atoms with Crippen molar-refractivity contribution in [1.29, 1.82) is 0 Å². The standard InChI is InChI=1S/C21H26O2S/c1-15-13-16(2)21(17(3)14-15)24(22,23)20-11-9-19(10-12-20)18-7-5-4-6-8-18/h9-14,18H,4-8H2,1-3H3. The van der Waals surface area contributed by atoms with Crippen LogP contribution in [0.2, 0.25) is 0 Å². The summed E-state index contributed by atoms with van der Waals surface area (Å²) in [5.41, 5.74) is 4.02. The van der Waals surface area contributed by atoms with E-state index in [4.69, 9.17) is 0 Å². The average molecular weight is 343 g/mol. The first-order valence-electron chi connectivity index (χ1n) is 8.82. The molecule has 128 valence electrons. The van der Waals surface area contributed by atoms with E-state index in [1.165, 1.54) is 37.7 Å². The van der Waals surface area contributed by atoms with Gasteiger partial charge in [-0.3, -0.25) is 0 Å². The van der Waals surface area contributed by atoms with Crippen LogP contribution in [0, 0.1) is 20.8 Å². The molecule has 1 aliphatic carbocycles. The quantitative estimate of drug-likeness (QED) is 0.739. The Balaban J connectivity index is 1.96. The fourth-order valence-corrected chi connectivity index (χ4v) is 5.76. The van der Waals surface area contributed by atoms with Crippen LogP contribution in [0.1, 0.15) is 60.3 Å². The Morgan fingerprint density at radius 3 is 1.92 bits per heavy atom. The molecule has 0 bridgehead atoms. The van der Waals surface area contributed by atoms with Gasteiger partial charge in [-0.25, -0.2) is 8.42 Å². The summed E-state index contributed by atoms with van der Waals surface area (Å²) in [6.45, 7) is 5.75. The molecule has 24 heavy (non-hydrogen) atoms. The normalized spacial score (nSPS) is 16.3. The monoisotopic (exact) mass is 342 g/mol. The molecule has 0 spiro atoms. The third kappa shape index (κ3) is 3.27. The lowest BCUT2D eigenvalue weighted by atomic mass is 9.84. The predicted octanol–water partition coefficient (Wildman–Crippen LogP) is 5.49. The van der Waals surface area contributed by atoms with Crippen LogP contribution in [0.3, 0.4) is 0 Å². The zero-order valence-corrected chi connectivity index (χ0v) is 15.6. The third-order valence-corrected chi connectivity index (χ3v) is 7.21. The molecule has 1 saturated carbocycles. The molecular formula is C21H26O2S. The van der Waals surface area contributed by atoms with Crippen LogP contribution < -0.4 is 0 Å². The molecule has 0 aliphatic heterocycles. The number of benzene rings is 2. The van der Waals surface area contributed by atoms with E-state index in [0.717, 1.165) is 16.7 Å². The van der Waals surface area contributed by atoms with Gasteiger partial charge in [0.05, 0.1) is 9.79 Å². The fraction of sp³-hybridized carbons (Fsp3) is 0.429. The maximum atomic E-state index is 13.1. The lowest BCUT2D eigenvalue weighted by molar-refractivity contribution is 0.443. The first-order chi connectivity index (χ1) is 11.4. The van der Waals surface area contributed by atoms with E-state index in [-0.39, 0.29) is 0 Å². The van der Waals surface area contributed by atoms with Crippen LogP contribution in [0.5, 0.6) is 0 Å². The lowest BCUT2D eigenvalue weighted by Crippen LogP contribution is -2.08. The van der Waals surface area contributed by atoms with Gasteiger partial charge in [0, 0.05) is 0 Å². The molecule has 2 aromatic carbocycles. The Morgan fingerprint density at radius 2 is 1.38 bits per heavy atom. The van der Waals surface area contributed by atoms with E-state index >= 15 is 0 Å². The molecule has 2 nitrogen and oxygen atoms in total. The Morgan fingerprint density at radius 1 is 0.833 bits per heavy atom. The largest absolute Gasteiger partial charge is 0.218 e. The Kier molecular flexibility index (Phi) is 4.82. The van der Waals surface area contributed by atoms with Gasteiger partial charge in [0.2, 0.25) is 9.84 Å². The highest BCUT2D eigenvalue weighted by atomic mass is 32.2. The van der Waals surface area contributed by atoms with E-state index < -0.39 is 9.84 Å². The van der Waals surface area contributed by atoms with Crippen molar-refractivity contribution in [2.75, 3.05) is 0 Å². The smallest absolute Gasteiger partial charge is 0.207 e. The molecular weight excluding hydrogens is 316 g/mol. The van der Waals surface area contributed by atoms with Crippen LogP contribution in [-0.4, -0.2) is 8.42 Å². The van der Waals surface area contributed by atoms with Crippen LogP contribution in [-0.2, 0) is 9.84 Å². The summed E-state index contributed by atoms with van der Waals surface area (Å²) < 4.78 is 26.1. The maximum absolute atomic E-state index is 13.1. The van der Waals surface area contributed by atoms with Gasteiger partial charge < -0.3 is 0 Å². The molecule has 0 saturated heterocycles. The van der Waals surface area contributed by atoms with E-state index in [1.807, 2.05) is 45.0 Å². The molecule has 0 atom stereocenters. The summed E-state index contributed by atoms with van der Waals surface area (Å²) in [5.74, 6) is 0.596. The van der Waals surface area contributed by atoms with Gasteiger partial charge in [0.1, 0.15) is 0 Å². The van der Waals surface area contributed by atoms with Crippen LogP contribution in [0.4, 0.5) is 0 Å². The predicted molar refractivity (Wildman–Crippen MR) is 98.4 cm³/mol. The lowest BCUT2D eigenvalue weighted by Gasteiger charge is -2.22. The molecule has 0 amide bonds. The molecule has 3 rings (SSSR count). The molecule has 0 heterocycles. The average Bonchev–Trinajstić information content (AvgIpc) is 2.54. The number of aryl methyl sites for hydroxylation is 3. The van der Waals surface area contributed by atoms with Crippen molar-refractivity contribution in [2.24, 2.45) is 0 Å². The van der Waals surface area contributed by atoms with Crippen LogP contribution >= 0.6 is 0 Å². The Bertz CT molecular complexity index is 804.